The van der Waals surface area contributed by atoms with Gasteiger partial charge in [0.1, 0.15) is 17.4 Å². The molecule has 2 rings (SSSR count). The number of benzene rings is 1. The minimum absolute atomic E-state index is 0.0355. The van der Waals surface area contributed by atoms with Crippen molar-refractivity contribution in [1.29, 1.82) is 0 Å². The average Bonchev–Trinajstić information content (AvgIpc) is 2.83. The molecule has 2 N–H and O–H groups in total. The predicted octanol–water partition coefficient (Wildman–Crippen LogP) is 3.97. The number of aliphatic carboxylic acids is 1. The lowest BCUT2D eigenvalue weighted by molar-refractivity contribution is -0.137. The van der Waals surface area contributed by atoms with Gasteiger partial charge >= 0.3 is 5.97 Å². The summed E-state index contributed by atoms with van der Waals surface area (Å²) in [6.07, 6.45) is 5.71. The van der Waals surface area contributed by atoms with Crippen LogP contribution in [0.2, 0.25) is 0 Å². The topological polar surface area (TPSA) is 74.6 Å². The van der Waals surface area contributed by atoms with E-state index in [9.17, 15) is 23.5 Å². The number of ketones is 1. The van der Waals surface area contributed by atoms with Gasteiger partial charge in [-0.2, -0.15) is 0 Å². The SMILES string of the molecule is O=C(O)CCCCCCC1C(=O)CC(O)C1/C=C/c1c(F)cccc1F. The van der Waals surface area contributed by atoms with Crippen LogP contribution in [0.4, 0.5) is 8.78 Å². The normalized spacial score (nSPS) is 23.0. The van der Waals surface area contributed by atoms with E-state index in [4.69, 9.17) is 5.11 Å². The highest BCUT2D eigenvalue weighted by Crippen LogP contribution is 2.35. The number of carboxylic acid groups (broad SMARTS) is 1. The summed E-state index contributed by atoms with van der Waals surface area (Å²) in [6.45, 7) is 0. The lowest BCUT2D eigenvalue weighted by atomic mass is 9.88. The van der Waals surface area contributed by atoms with Gasteiger partial charge in [0.05, 0.1) is 6.10 Å². The van der Waals surface area contributed by atoms with E-state index in [1.807, 2.05) is 0 Å². The third-order valence-electron chi connectivity index (χ3n) is 4.87. The molecule has 0 aliphatic heterocycles. The quantitative estimate of drug-likeness (QED) is 0.649. The van der Waals surface area contributed by atoms with Gasteiger partial charge in [-0.15, -0.1) is 0 Å². The Hall–Kier alpha value is -2.08. The Kier molecular flexibility index (Phi) is 7.45. The van der Waals surface area contributed by atoms with Crippen LogP contribution in [0.1, 0.15) is 50.5 Å². The van der Waals surface area contributed by atoms with Crippen molar-refractivity contribution in [3.63, 3.8) is 0 Å². The molecule has 1 fully saturated rings. The summed E-state index contributed by atoms with van der Waals surface area (Å²) in [4.78, 5) is 22.6. The van der Waals surface area contributed by atoms with Crippen molar-refractivity contribution in [2.75, 3.05) is 0 Å². The molecule has 0 saturated heterocycles. The molecule has 3 unspecified atom stereocenters. The summed E-state index contributed by atoms with van der Waals surface area (Å²) >= 11 is 0. The number of Topliss-reactive ketones (excluding diaryl/α,β-unsaturated/α-hetero) is 1. The molecule has 3 atom stereocenters. The fourth-order valence-electron chi connectivity index (χ4n) is 3.46. The van der Waals surface area contributed by atoms with E-state index in [1.165, 1.54) is 18.2 Å². The van der Waals surface area contributed by atoms with E-state index in [2.05, 4.69) is 0 Å². The van der Waals surface area contributed by atoms with E-state index in [-0.39, 0.29) is 30.1 Å². The molecule has 0 heterocycles. The Balaban J connectivity index is 1.94. The van der Waals surface area contributed by atoms with Crippen LogP contribution in [-0.4, -0.2) is 28.1 Å². The Labute approximate surface area is 151 Å². The molecule has 1 aromatic rings. The fourth-order valence-corrected chi connectivity index (χ4v) is 3.46. The molecular weight excluding hydrogens is 342 g/mol. The first-order valence-corrected chi connectivity index (χ1v) is 8.95. The highest BCUT2D eigenvalue weighted by molar-refractivity contribution is 5.84. The Bertz CT molecular complexity index is 652. The molecule has 0 bridgehead atoms. The predicted molar refractivity (Wildman–Crippen MR) is 93.3 cm³/mol. The van der Waals surface area contributed by atoms with E-state index in [0.717, 1.165) is 31.4 Å². The highest BCUT2D eigenvalue weighted by Gasteiger charge is 2.39. The number of carbonyl (C=O) groups excluding carboxylic acids is 1. The summed E-state index contributed by atoms with van der Waals surface area (Å²) in [5.41, 5.74) is -0.175. The van der Waals surface area contributed by atoms with Crippen molar-refractivity contribution >= 4 is 17.8 Å². The average molecular weight is 366 g/mol. The van der Waals surface area contributed by atoms with Gasteiger partial charge in [-0.3, -0.25) is 9.59 Å². The van der Waals surface area contributed by atoms with Crippen molar-refractivity contribution < 1.29 is 28.6 Å². The van der Waals surface area contributed by atoms with Gasteiger partial charge in [-0.25, -0.2) is 8.78 Å². The number of rotatable bonds is 9. The summed E-state index contributed by atoms with van der Waals surface area (Å²) in [5.74, 6) is -3.04. The van der Waals surface area contributed by atoms with Crippen molar-refractivity contribution in [1.82, 2.24) is 0 Å². The number of carboxylic acids is 1. The standard InChI is InChI=1S/C20H24F2O4/c21-16-7-5-8-17(22)15(16)11-10-14-13(18(23)12-19(14)24)6-3-1-2-4-9-20(25)26/h5,7-8,10-11,13-14,19,24H,1-4,6,9,12H2,(H,25,26)/b11-10+. The third kappa shape index (κ3) is 5.46. The fraction of sp³-hybridized carbons (Fsp3) is 0.500. The molecule has 0 radical (unpaired) electrons. The molecular formula is C20H24F2O4. The maximum absolute atomic E-state index is 13.7. The van der Waals surface area contributed by atoms with Crippen LogP contribution in [0.3, 0.4) is 0 Å². The lowest BCUT2D eigenvalue weighted by Gasteiger charge is -2.17. The third-order valence-corrected chi connectivity index (χ3v) is 4.87. The van der Waals surface area contributed by atoms with Crippen LogP contribution >= 0.6 is 0 Å². The number of aliphatic hydroxyl groups excluding tert-OH is 1. The molecule has 1 aliphatic carbocycles. The summed E-state index contributed by atoms with van der Waals surface area (Å²) < 4.78 is 27.4. The minimum atomic E-state index is -0.842. The van der Waals surface area contributed by atoms with E-state index in [1.54, 1.807) is 0 Å². The first kappa shape index (κ1) is 20.2. The molecule has 0 spiro atoms. The molecule has 26 heavy (non-hydrogen) atoms. The number of halogens is 2. The molecule has 1 aliphatic rings. The number of hydrogen-bond donors (Lipinski definition) is 2. The Morgan fingerprint density at radius 3 is 2.46 bits per heavy atom. The van der Waals surface area contributed by atoms with Crippen molar-refractivity contribution in [2.45, 2.75) is 51.0 Å². The largest absolute Gasteiger partial charge is 0.481 e. The maximum atomic E-state index is 13.7. The van der Waals surface area contributed by atoms with Gasteiger partial charge in [0.2, 0.25) is 0 Å². The Morgan fingerprint density at radius 2 is 1.81 bits per heavy atom. The molecule has 0 aromatic heterocycles. The molecule has 1 saturated carbocycles. The van der Waals surface area contributed by atoms with Crippen LogP contribution in [0.5, 0.6) is 0 Å². The number of aliphatic hydroxyl groups is 1. The summed E-state index contributed by atoms with van der Waals surface area (Å²) in [5, 5.41) is 18.7. The Morgan fingerprint density at radius 1 is 1.15 bits per heavy atom. The molecule has 142 valence electrons. The number of carbonyl (C=O) groups is 2. The van der Waals surface area contributed by atoms with E-state index in [0.29, 0.717) is 12.8 Å². The van der Waals surface area contributed by atoms with E-state index < -0.39 is 29.6 Å². The van der Waals surface area contributed by atoms with Crippen LogP contribution in [0, 0.1) is 23.5 Å². The first-order valence-electron chi connectivity index (χ1n) is 8.95. The maximum Gasteiger partial charge on any atom is 0.303 e. The first-order chi connectivity index (χ1) is 12.4. The van der Waals surface area contributed by atoms with Crippen LogP contribution in [-0.2, 0) is 9.59 Å². The smallest absolute Gasteiger partial charge is 0.303 e. The second-order valence-corrected chi connectivity index (χ2v) is 6.76. The van der Waals surface area contributed by atoms with Gasteiger partial charge in [-0.05, 0) is 25.0 Å². The van der Waals surface area contributed by atoms with Crippen molar-refractivity contribution in [3.8, 4) is 0 Å². The minimum Gasteiger partial charge on any atom is -0.481 e. The zero-order valence-electron chi connectivity index (χ0n) is 14.5. The number of unbranched alkanes of at least 4 members (excludes halogenated alkanes) is 3. The molecule has 4 nitrogen and oxygen atoms in total. The van der Waals surface area contributed by atoms with Crippen LogP contribution in [0.25, 0.3) is 6.08 Å². The van der Waals surface area contributed by atoms with Crippen molar-refractivity contribution in [3.05, 3.63) is 41.5 Å². The van der Waals surface area contributed by atoms with Gasteiger partial charge in [0.15, 0.2) is 0 Å². The van der Waals surface area contributed by atoms with Gasteiger partial charge < -0.3 is 10.2 Å². The molecule has 0 amide bonds. The van der Waals surface area contributed by atoms with Gasteiger partial charge in [-0.1, -0.05) is 37.5 Å². The van der Waals surface area contributed by atoms with Crippen molar-refractivity contribution in [2.24, 2.45) is 11.8 Å². The molecule has 1 aromatic carbocycles. The summed E-state index contributed by atoms with van der Waals surface area (Å²) in [6, 6.07) is 3.60. The van der Waals surface area contributed by atoms with Crippen LogP contribution < -0.4 is 0 Å². The highest BCUT2D eigenvalue weighted by atomic mass is 19.1. The lowest BCUT2D eigenvalue weighted by Crippen LogP contribution is -2.18. The second kappa shape index (κ2) is 9.57. The number of hydrogen-bond acceptors (Lipinski definition) is 3. The van der Waals surface area contributed by atoms with Crippen LogP contribution in [0.15, 0.2) is 24.3 Å². The second-order valence-electron chi connectivity index (χ2n) is 6.76. The summed E-state index contributed by atoms with van der Waals surface area (Å²) in [7, 11) is 0. The zero-order chi connectivity index (χ0) is 19.1. The van der Waals surface area contributed by atoms with Gasteiger partial charge in [0, 0.05) is 30.2 Å². The monoisotopic (exact) mass is 366 g/mol. The van der Waals surface area contributed by atoms with Gasteiger partial charge in [0.25, 0.3) is 0 Å². The van der Waals surface area contributed by atoms with E-state index >= 15 is 0 Å². The zero-order valence-corrected chi connectivity index (χ0v) is 14.5. The molecule has 6 heteroatoms.